The van der Waals surface area contributed by atoms with E-state index in [1.54, 1.807) is 44.2 Å². The van der Waals surface area contributed by atoms with Gasteiger partial charge in [-0.15, -0.1) is 0 Å². The number of aliphatic carboxylic acids is 3. The van der Waals surface area contributed by atoms with Gasteiger partial charge in [-0.05, 0) is 49.4 Å². The number of aliphatic hydroxyl groups excluding tert-OH is 1. The van der Waals surface area contributed by atoms with Gasteiger partial charge in [0.1, 0.15) is 42.3 Å². The molecule has 0 bridgehead atoms. The van der Waals surface area contributed by atoms with Crippen LogP contribution in [-0.4, -0.2) is 128 Å². The van der Waals surface area contributed by atoms with Crippen LogP contribution >= 0.6 is 11.6 Å². The van der Waals surface area contributed by atoms with Crippen molar-refractivity contribution in [3.05, 3.63) is 70.7 Å². The van der Waals surface area contributed by atoms with Crippen LogP contribution in [0.4, 0.5) is 0 Å². The Morgan fingerprint density at radius 3 is 1.46 bits per heavy atom. The van der Waals surface area contributed by atoms with Crippen LogP contribution in [0.3, 0.4) is 0 Å². The van der Waals surface area contributed by atoms with Gasteiger partial charge >= 0.3 is 17.9 Å². The van der Waals surface area contributed by atoms with Crippen LogP contribution < -0.4 is 37.2 Å². The van der Waals surface area contributed by atoms with Gasteiger partial charge in [0.15, 0.2) is 0 Å². The molecule has 21 nitrogen and oxygen atoms in total. The molecule has 8 atom stereocenters. The molecule has 7 amide bonds. The number of rotatable bonds is 25. The van der Waals surface area contributed by atoms with Gasteiger partial charge in [-0.3, -0.25) is 43.2 Å². The highest BCUT2D eigenvalue weighted by Crippen LogP contribution is 2.13. The Balaban J connectivity index is 2.21. The predicted molar refractivity (Wildman–Crippen MR) is 223 cm³/mol. The highest BCUT2D eigenvalue weighted by molar-refractivity contribution is 6.30. The molecule has 11 N–H and O–H groups in total. The summed E-state index contributed by atoms with van der Waals surface area (Å²) in [5.41, 5.74) is 1.14. The van der Waals surface area contributed by atoms with E-state index in [0.717, 1.165) is 6.92 Å². The quantitative estimate of drug-likeness (QED) is 0.0571. The first-order valence-electron chi connectivity index (χ1n) is 19.7. The van der Waals surface area contributed by atoms with Gasteiger partial charge in [-0.2, -0.15) is 0 Å². The van der Waals surface area contributed by atoms with Crippen LogP contribution in [0.25, 0.3) is 0 Å². The predicted octanol–water partition coefficient (Wildman–Crippen LogP) is -0.980. The molecule has 2 aromatic carbocycles. The number of carboxylic acid groups (broad SMARTS) is 3. The maximum absolute atomic E-state index is 13.6. The molecule has 0 saturated carbocycles. The number of hydrogen-bond acceptors (Lipinski definition) is 11. The standard InChI is InChI=1S/C41H54ClN7O14/c1-20(2)15-27(47-40(61)34(22(4)50)49-39(60)28(44-23(5)51)16-24-9-7-6-8-10-24)37(58)46-29(18-32(52)53)36(57)43-21(3)35(56)45-30(19-33(54)55)38(59)48-31(41(62)63)17-25-11-13-26(42)14-12-25/h6-14,20-22,27-31,34,50H,15-19H2,1-5H3,(H,43,57)(H,44,51)(H,45,56)(H,46,58)(H,47,61)(H,48,59)(H,49,60)(H,52,53)(H,54,55)(H,62,63)/t21-,22+,27-,28-,29-,30-,31-,34-/m0/s1. The Bertz CT molecular complexity index is 1970. The van der Waals surface area contributed by atoms with E-state index in [1.165, 1.54) is 38.1 Å². The minimum absolute atomic E-state index is 0.0311. The van der Waals surface area contributed by atoms with Crippen molar-refractivity contribution in [2.45, 2.75) is 115 Å². The summed E-state index contributed by atoms with van der Waals surface area (Å²) in [6.45, 7) is 6.86. The van der Waals surface area contributed by atoms with Crippen LogP contribution in [0.5, 0.6) is 0 Å². The first-order chi connectivity index (χ1) is 29.5. The first kappa shape index (κ1) is 52.5. The van der Waals surface area contributed by atoms with Gasteiger partial charge in [0.2, 0.25) is 41.4 Å². The van der Waals surface area contributed by atoms with Crippen LogP contribution in [0.2, 0.25) is 5.02 Å². The number of carboxylic acids is 3. The van der Waals surface area contributed by atoms with Crippen molar-refractivity contribution in [2.24, 2.45) is 5.92 Å². The maximum Gasteiger partial charge on any atom is 0.326 e. The second-order valence-electron chi connectivity index (χ2n) is 15.1. The van der Waals surface area contributed by atoms with Crippen molar-refractivity contribution in [1.82, 2.24) is 37.2 Å². The molecule has 344 valence electrons. The van der Waals surface area contributed by atoms with Crippen LogP contribution in [-0.2, 0) is 60.8 Å². The Morgan fingerprint density at radius 1 is 0.524 bits per heavy atom. The third-order valence-corrected chi connectivity index (χ3v) is 9.37. The summed E-state index contributed by atoms with van der Waals surface area (Å²) in [6.07, 6.45) is -3.85. The highest BCUT2D eigenvalue weighted by atomic mass is 35.5. The number of carbonyl (C=O) groups is 10. The van der Waals surface area contributed by atoms with Crippen molar-refractivity contribution in [3.63, 3.8) is 0 Å². The van der Waals surface area contributed by atoms with Gasteiger partial charge in [-0.25, -0.2) is 4.79 Å². The molecular weight excluding hydrogens is 850 g/mol. The normalized spacial score (nSPS) is 14.7. The first-order valence-corrected chi connectivity index (χ1v) is 20.1. The molecule has 22 heteroatoms. The van der Waals surface area contributed by atoms with E-state index in [9.17, 15) is 68.4 Å². The Kier molecular flexibility index (Phi) is 21.1. The minimum Gasteiger partial charge on any atom is -0.481 e. The molecule has 0 aromatic heterocycles. The second kappa shape index (κ2) is 25.4. The molecule has 0 radical (unpaired) electrons. The van der Waals surface area contributed by atoms with Crippen molar-refractivity contribution < 1.29 is 68.4 Å². The molecule has 0 heterocycles. The summed E-state index contributed by atoms with van der Waals surface area (Å²) in [5, 5.41) is 55.7. The lowest BCUT2D eigenvalue weighted by Gasteiger charge is -2.28. The summed E-state index contributed by atoms with van der Waals surface area (Å²) in [7, 11) is 0. The molecular formula is C41H54ClN7O14. The minimum atomic E-state index is -1.87. The van der Waals surface area contributed by atoms with Gasteiger partial charge in [0.05, 0.1) is 18.9 Å². The van der Waals surface area contributed by atoms with E-state index in [2.05, 4.69) is 37.2 Å². The van der Waals surface area contributed by atoms with Crippen LogP contribution in [0.1, 0.15) is 65.0 Å². The van der Waals surface area contributed by atoms with E-state index in [-0.39, 0.29) is 25.2 Å². The van der Waals surface area contributed by atoms with E-state index >= 15 is 0 Å². The van der Waals surface area contributed by atoms with E-state index in [0.29, 0.717) is 16.1 Å². The number of carbonyl (C=O) groups excluding carboxylic acids is 7. The van der Waals surface area contributed by atoms with Gasteiger partial charge in [0, 0.05) is 24.8 Å². The van der Waals surface area contributed by atoms with Crippen molar-refractivity contribution in [1.29, 1.82) is 0 Å². The topological polar surface area (TPSA) is 336 Å². The molecule has 0 aliphatic heterocycles. The molecule has 63 heavy (non-hydrogen) atoms. The van der Waals surface area contributed by atoms with Gasteiger partial charge < -0.3 is 57.6 Å². The van der Waals surface area contributed by atoms with E-state index < -0.39 is 120 Å². The van der Waals surface area contributed by atoms with E-state index in [1.807, 2.05) is 0 Å². The zero-order valence-corrected chi connectivity index (χ0v) is 35.9. The zero-order valence-electron chi connectivity index (χ0n) is 35.2. The van der Waals surface area contributed by atoms with Crippen molar-refractivity contribution in [3.8, 4) is 0 Å². The number of amides is 7. The summed E-state index contributed by atoms with van der Waals surface area (Å²) >= 11 is 5.87. The third kappa shape index (κ3) is 18.9. The Labute approximate surface area is 367 Å². The van der Waals surface area contributed by atoms with Crippen molar-refractivity contribution in [2.75, 3.05) is 0 Å². The molecule has 2 rings (SSSR count). The average Bonchev–Trinajstić information content (AvgIpc) is 3.18. The van der Waals surface area contributed by atoms with Gasteiger partial charge in [-0.1, -0.05) is 67.9 Å². The summed E-state index contributed by atoms with van der Waals surface area (Å²) in [5.74, 6) is -11.9. The second-order valence-corrected chi connectivity index (χ2v) is 15.6. The lowest BCUT2D eigenvalue weighted by molar-refractivity contribution is -0.143. The molecule has 0 fully saturated rings. The Hall–Kier alpha value is -6.61. The number of halogens is 1. The lowest BCUT2D eigenvalue weighted by atomic mass is 10.0. The number of benzene rings is 2. The van der Waals surface area contributed by atoms with E-state index in [4.69, 9.17) is 11.6 Å². The molecule has 0 aliphatic rings. The summed E-state index contributed by atoms with van der Waals surface area (Å²) in [6, 6.07) is 3.50. The fourth-order valence-electron chi connectivity index (χ4n) is 5.97. The fourth-order valence-corrected chi connectivity index (χ4v) is 6.10. The summed E-state index contributed by atoms with van der Waals surface area (Å²) in [4.78, 5) is 127. The zero-order chi connectivity index (χ0) is 47.6. The monoisotopic (exact) mass is 903 g/mol. The largest absolute Gasteiger partial charge is 0.481 e. The summed E-state index contributed by atoms with van der Waals surface area (Å²) < 4.78 is 0. The molecule has 2 aromatic rings. The molecule has 0 spiro atoms. The van der Waals surface area contributed by atoms with Crippen LogP contribution in [0, 0.1) is 5.92 Å². The molecule has 0 unspecified atom stereocenters. The van der Waals surface area contributed by atoms with Crippen molar-refractivity contribution >= 4 is 70.9 Å². The maximum atomic E-state index is 13.6. The SMILES string of the molecule is CC(=O)N[C@@H](Cc1ccccc1)C(=O)N[C@H](C(=O)N[C@@H](CC(C)C)C(=O)N[C@@H](CC(=O)O)C(=O)N[C@@H](C)C(=O)N[C@@H](CC(=O)O)C(=O)N[C@@H](Cc1ccc(Cl)cc1)C(=O)O)[C@@H](C)O. The number of aliphatic hydroxyl groups is 1. The van der Waals surface area contributed by atoms with Crippen LogP contribution in [0.15, 0.2) is 54.6 Å². The molecule has 0 saturated heterocycles. The fraction of sp³-hybridized carbons (Fsp3) is 0.463. The number of nitrogens with one attached hydrogen (secondary N) is 7. The third-order valence-electron chi connectivity index (χ3n) is 9.12. The average molecular weight is 904 g/mol. The smallest absolute Gasteiger partial charge is 0.326 e. The highest BCUT2D eigenvalue weighted by Gasteiger charge is 2.35. The Morgan fingerprint density at radius 2 is 0.968 bits per heavy atom. The lowest BCUT2D eigenvalue weighted by Crippen LogP contribution is -2.61. The number of hydrogen-bond donors (Lipinski definition) is 11. The van der Waals surface area contributed by atoms with Gasteiger partial charge in [0.25, 0.3) is 0 Å². The molecule has 0 aliphatic carbocycles.